The van der Waals surface area contributed by atoms with Gasteiger partial charge in [-0.2, -0.15) is 0 Å². The molecular weight excluding hydrogens is 340 g/mol. The van der Waals surface area contributed by atoms with Crippen molar-refractivity contribution in [3.63, 3.8) is 0 Å². The minimum atomic E-state index is -0.232. The highest BCUT2D eigenvalue weighted by Crippen LogP contribution is 2.43. The molecule has 1 aliphatic heterocycles. The van der Waals surface area contributed by atoms with Crippen molar-refractivity contribution >= 4 is 23.7 Å². The summed E-state index contributed by atoms with van der Waals surface area (Å²) in [6.45, 7) is 3.58. The van der Waals surface area contributed by atoms with E-state index in [0.29, 0.717) is 31.6 Å². The number of benzene rings is 1. The standard InChI is InChI=1S/C18H25ClN4O2/c1-2-25-18(24)23-8-6-14(7-9-23)21-17(20)22-16-11-15(16)12-4-3-5-13(19)10-12/h3-5,10,14-16H,2,6-9,11H2,1H3,(H3,20,21,22). The van der Waals surface area contributed by atoms with E-state index in [9.17, 15) is 4.79 Å². The molecule has 25 heavy (non-hydrogen) atoms. The zero-order valence-electron chi connectivity index (χ0n) is 14.5. The van der Waals surface area contributed by atoms with E-state index in [1.54, 1.807) is 4.90 Å². The van der Waals surface area contributed by atoms with E-state index in [1.807, 2.05) is 25.1 Å². The number of halogens is 1. The Morgan fingerprint density at radius 2 is 2.20 bits per heavy atom. The van der Waals surface area contributed by atoms with Crippen molar-refractivity contribution in [2.24, 2.45) is 10.7 Å². The number of likely N-dealkylation sites (tertiary alicyclic amines) is 1. The number of nitrogens with zero attached hydrogens (tertiary/aromatic N) is 2. The zero-order valence-corrected chi connectivity index (χ0v) is 15.2. The van der Waals surface area contributed by atoms with Crippen LogP contribution in [0.5, 0.6) is 0 Å². The van der Waals surface area contributed by atoms with Crippen molar-refractivity contribution in [3.05, 3.63) is 34.9 Å². The minimum Gasteiger partial charge on any atom is -0.450 e. The summed E-state index contributed by atoms with van der Waals surface area (Å²) >= 11 is 6.04. The number of aliphatic imine (C=N–C) groups is 1. The van der Waals surface area contributed by atoms with E-state index >= 15 is 0 Å². The first-order valence-corrected chi connectivity index (χ1v) is 9.21. The third-order valence-corrected chi connectivity index (χ3v) is 4.95. The number of nitrogens with one attached hydrogen (secondary N) is 1. The number of nitrogens with two attached hydrogens (primary N) is 1. The fourth-order valence-electron chi connectivity index (χ4n) is 3.27. The summed E-state index contributed by atoms with van der Waals surface area (Å²) in [6.07, 6.45) is 2.46. The second kappa shape index (κ2) is 7.95. The van der Waals surface area contributed by atoms with Crippen molar-refractivity contribution in [1.82, 2.24) is 10.2 Å². The molecule has 3 rings (SSSR count). The van der Waals surface area contributed by atoms with Gasteiger partial charge in [-0.3, -0.25) is 0 Å². The second-order valence-electron chi connectivity index (χ2n) is 6.58. The highest BCUT2D eigenvalue weighted by atomic mass is 35.5. The maximum absolute atomic E-state index is 11.7. The van der Waals surface area contributed by atoms with Crippen LogP contribution in [-0.4, -0.2) is 48.7 Å². The number of guanidine groups is 1. The molecule has 7 heteroatoms. The van der Waals surface area contributed by atoms with Crippen LogP contribution in [0.3, 0.4) is 0 Å². The summed E-state index contributed by atoms with van der Waals surface area (Å²) in [7, 11) is 0. The van der Waals surface area contributed by atoms with E-state index < -0.39 is 0 Å². The molecule has 0 spiro atoms. The number of ether oxygens (including phenoxy) is 1. The Kier molecular flexibility index (Phi) is 5.68. The monoisotopic (exact) mass is 364 g/mol. The van der Waals surface area contributed by atoms with E-state index in [2.05, 4.69) is 16.4 Å². The normalized spacial score (nSPS) is 24.1. The molecule has 1 aliphatic carbocycles. The highest BCUT2D eigenvalue weighted by Gasteiger charge is 2.38. The van der Waals surface area contributed by atoms with Gasteiger partial charge >= 0.3 is 6.09 Å². The average Bonchev–Trinajstić information content (AvgIpc) is 3.34. The molecule has 2 fully saturated rings. The Bertz CT molecular complexity index is 644. The van der Waals surface area contributed by atoms with Crippen LogP contribution in [0.25, 0.3) is 0 Å². The maximum Gasteiger partial charge on any atom is 0.409 e. The van der Waals surface area contributed by atoms with Crippen LogP contribution < -0.4 is 11.1 Å². The van der Waals surface area contributed by atoms with Crippen LogP contribution in [0.2, 0.25) is 5.02 Å². The van der Waals surface area contributed by atoms with Crippen molar-refractivity contribution in [1.29, 1.82) is 0 Å². The summed E-state index contributed by atoms with van der Waals surface area (Å²) in [4.78, 5) is 18.0. The maximum atomic E-state index is 11.7. The second-order valence-corrected chi connectivity index (χ2v) is 7.02. The molecule has 1 heterocycles. The van der Waals surface area contributed by atoms with E-state index in [0.717, 1.165) is 24.3 Å². The number of amides is 1. The number of carbonyl (C=O) groups is 1. The SMILES string of the molecule is CCOC(=O)N1CCC(NC(N)=NC2CC2c2cccc(Cl)c2)CC1. The zero-order chi connectivity index (χ0) is 17.8. The molecule has 0 bridgehead atoms. The Labute approximate surface area is 153 Å². The number of hydrogen-bond acceptors (Lipinski definition) is 3. The molecule has 2 atom stereocenters. The lowest BCUT2D eigenvalue weighted by atomic mass is 10.1. The molecule has 1 saturated carbocycles. The average molecular weight is 365 g/mol. The van der Waals surface area contributed by atoms with Gasteiger partial charge in [0.2, 0.25) is 0 Å². The number of rotatable bonds is 4. The first kappa shape index (κ1) is 17.9. The molecule has 0 radical (unpaired) electrons. The molecule has 136 valence electrons. The van der Waals surface area contributed by atoms with Crippen LogP contribution in [0.1, 0.15) is 37.7 Å². The first-order chi connectivity index (χ1) is 12.1. The first-order valence-electron chi connectivity index (χ1n) is 8.83. The van der Waals surface area contributed by atoms with Gasteiger partial charge in [0.1, 0.15) is 0 Å². The predicted octanol–water partition coefficient (Wildman–Crippen LogP) is 2.72. The van der Waals surface area contributed by atoms with Crippen molar-refractivity contribution in [3.8, 4) is 0 Å². The topological polar surface area (TPSA) is 80.0 Å². The molecule has 2 unspecified atom stereocenters. The lowest BCUT2D eigenvalue weighted by Gasteiger charge is -2.31. The van der Waals surface area contributed by atoms with E-state index in [1.165, 1.54) is 5.56 Å². The van der Waals surface area contributed by atoms with Crippen molar-refractivity contribution in [2.45, 2.75) is 44.2 Å². The van der Waals surface area contributed by atoms with Crippen LogP contribution in [-0.2, 0) is 4.74 Å². The molecule has 1 saturated heterocycles. The third-order valence-electron chi connectivity index (χ3n) is 4.71. The van der Waals surface area contributed by atoms with Gasteiger partial charge in [-0.05, 0) is 43.9 Å². The minimum absolute atomic E-state index is 0.227. The summed E-state index contributed by atoms with van der Waals surface area (Å²) in [5.41, 5.74) is 7.28. The molecular formula is C18H25ClN4O2. The summed E-state index contributed by atoms with van der Waals surface area (Å²) in [5, 5.41) is 4.04. The van der Waals surface area contributed by atoms with Crippen molar-refractivity contribution < 1.29 is 9.53 Å². The van der Waals surface area contributed by atoms with Gasteiger partial charge in [-0.1, -0.05) is 23.7 Å². The Morgan fingerprint density at radius 1 is 1.44 bits per heavy atom. The van der Waals surface area contributed by atoms with Crippen LogP contribution >= 0.6 is 11.6 Å². The fourth-order valence-corrected chi connectivity index (χ4v) is 3.46. The number of piperidine rings is 1. The highest BCUT2D eigenvalue weighted by molar-refractivity contribution is 6.30. The van der Waals surface area contributed by atoms with Gasteiger partial charge in [-0.15, -0.1) is 0 Å². The van der Waals surface area contributed by atoms with Gasteiger partial charge in [-0.25, -0.2) is 9.79 Å². The van der Waals surface area contributed by atoms with Crippen LogP contribution in [0.4, 0.5) is 4.79 Å². The summed E-state index contributed by atoms with van der Waals surface area (Å²) in [6, 6.07) is 8.40. The van der Waals surface area contributed by atoms with E-state index in [4.69, 9.17) is 22.1 Å². The third kappa shape index (κ3) is 4.78. The smallest absolute Gasteiger partial charge is 0.409 e. The molecule has 2 aliphatic rings. The summed E-state index contributed by atoms with van der Waals surface area (Å²) < 4.78 is 5.03. The molecule has 0 aromatic heterocycles. The molecule has 1 aromatic rings. The van der Waals surface area contributed by atoms with Gasteiger partial charge < -0.3 is 20.7 Å². The van der Waals surface area contributed by atoms with Gasteiger partial charge in [0, 0.05) is 30.1 Å². The van der Waals surface area contributed by atoms with Gasteiger partial charge in [0.15, 0.2) is 5.96 Å². The Hall–Kier alpha value is -1.95. The molecule has 1 amide bonds. The number of hydrogen-bond donors (Lipinski definition) is 2. The van der Waals surface area contributed by atoms with E-state index in [-0.39, 0.29) is 18.2 Å². The Balaban J connectivity index is 1.45. The molecule has 1 aromatic carbocycles. The molecule has 6 nitrogen and oxygen atoms in total. The van der Waals surface area contributed by atoms with Gasteiger partial charge in [0.25, 0.3) is 0 Å². The largest absolute Gasteiger partial charge is 0.450 e. The lowest BCUT2D eigenvalue weighted by molar-refractivity contribution is 0.0963. The van der Waals surface area contributed by atoms with Crippen molar-refractivity contribution in [2.75, 3.05) is 19.7 Å². The summed E-state index contributed by atoms with van der Waals surface area (Å²) in [5.74, 6) is 0.897. The number of carbonyl (C=O) groups excluding carboxylic acids is 1. The predicted molar refractivity (Wildman–Crippen MR) is 99.0 cm³/mol. The van der Waals surface area contributed by atoms with Crippen LogP contribution in [0.15, 0.2) is 29.3 Å². The Morgan fingerprint density at radius 3 is 2.88 bits per heavy atom. The van der Waals surface area contributed by atoms with Crippen LogP contribution in [0, 0.1) is 0 Å². The lowest BCUT2D eigenvalue weighted by Crippen LogP contribution is -2.48. The fraction of sp³-hybridized carbons (Fsp3) is 0.556. The quantitative estimate of drug-likeness (QED) is 0.636. The molecule has 3 N–H and O–H groups in total. The van der Waals surface area contributed by atoms with Gasteiger partial charge in [0.05, 0.1) is 12.6 Å².